The fraction of sp³-hybridized carbons (Fsp3) is 0.778. The first kappa shape index (κ1) is 16.7. The van der Waals surface area contributed by atoms with Crippen molar-refractivity contribution in [2.45, 2.75) is 58.7 Å². The lowest BCUT2D eigenvalue weighted by atomic mass is 9.89. The Balaban J connectivity index is 2.00. The topological polar surface area (TPSA) is 41.4 Å². The summed E-state index contributed by atoms with van der Waals surface area (Å²) < 4.78 is 2.21. The van der Waals surface area contributed by atoms with Gasteiger partial charge in [0.2, 0.25) is 0 Å². The molecule has 128 valence electrons. The van der Waals surface area contributed by atoms with Gasteiger partial charge in [0, 0.05) is 37.5 Å². The van der Waals surface area contributed by atoms with E-state index in [0.717, 1.165) is 43.9 Å². The van der Waals surface area contributed by atoms with Crippen molar-refractivity contribution in [2.75, 3.05) is 26.7 Å². The monoisotopic (exact) mass is 318 g/mol. The highest BCUT2D eigenvalue weighted by atomic mass is 16.1. The van der Waals surface area contributed by atoms with E-state index in [9.17, 15) is 4.79 Å². The smallest absolute Gasteiger partial charge is 0.160 e. The number of fused-ring (bicyclic) bond motifs is 1. The van der Waals surface area contributed by atoms with Crippen LogP contribution >= 0.6 is 0 Å². The van der Waals surface area contributed by atoms with Crippen molar-refractivity contribution in [1.82, 2.24) is 19.4 Å². The second-order valence-corrected chi connectivity index (χ2v) is 7.71. The minimum Gasteiger partial charge on any atom is -0.330 e. The van der Waals surface area contributed by atoms with Gasteiger partial charge in [0.15, 0.2) is 5.78 Å². The molecule has 23 heavy (non-hydrogen) atoms. The first-order valence-corrected chi connectivity index (χ1v) is 8.93. The molecule has 1 aromatic rings. The number of carbonyl (C=O) groups is 1. The summed E-state index contributed by atoms with van der Waals surface area (Å²) in [6.45, 7) is 11.6. The van der Waals surface area contributed by atoms with Gasteiger partial charge in [-0.3, -0.25) is 9.69 Å². The van der Waals surface area contributed by atoms with E-state index in [2.05, 4.69) is 54.1 Å². The zero-order valence-electron chi connectivity index (χ0n) is 15.1. The Morgan fingerprint density at radius 2 is 1.96 bits per heavy atom. The van der Waals surface area contributed by atoms with Gasteiger partial charge in [-0.25, -0.2) is 4.98 Å². The minimum atomic E-state index is -0.125. The zero-order chi connectivity index (χ0) is 16.7. The maximum absolute atomic E-state index is 13.4. The number of carbonyl (C=O) groups excluding carboxylic acids is 1. The van der Waals surface area contributed by atoms with E-state index in [1.807, 2.05) is 6.33 Å². The number of Topliss-reactive ketones (excluding diaryl/α,β-unsaturated/α-hetero) is 1. The zero-order valence-corrected chi connectivity index (χ0v) is 15.1. The third kappa shape index (κ3) is 2.96. The van der Waals surface area contributed by atoms with Crippen LogP contribution in [0.25, 0.3) is 0 Å². The Kier molecular flexibility index (Phi) is 4.61. The van der Waals surface area contributed by atoms with Crippen LogP contribution in [0.2, 0.25) is 0 Å². The molecule has 0 bridgehead atoms. The lowest BCUT2D eigenvalue weighted by molar-refractivity contribution is -0.129. The number of hydrogen-bond donors (Lipinski definition) is 0. The Morgan fingerprint density at radius 1 is 1.22 bits per heavy atom. The van der Waals surface area contributed by atoms with Crippen molar-refractivity contribution >= 4 is 5.78 Å². The molecule has 2 aliphatic rings. The molecule has 0 spiro atoms. The minimum absolute atomic E-state index is 0.125. The summed E-state index contributed by atoms with van der Waals surface area (Å²) in [4.78, 5) is 22.7. The number of ketones is 1. The molecule has 0 aromatic carbocycles. The number of imidazole rings is 1. The summed E-state index contributed by atoms with van der Waals surface area (Å²) in [5.41, 5.74) is 2.28. The highest BCUT2D eigenvalue weighted by Gasteiger charge is 2.41. The maximum atomic E-state index is 13.4. The predicted molar refractivity (Wildman–Crippen MR) is 91.5 cm³/mol. The average Bonchev–Trinajstić information content (AvgIpc) is 3.11. The molecule has 0 aliphatic carbocycles. The molecule has 1 fully saturated rings. The average molecular weight is 318 g/mol. The van der Waals surface area contributed by atoms with Crippen LogP contribution in [0.1, 0.15) is 57.6 Å². The van der Waals surface area contributed by atoms with Crippen molar-refractivity contribution in [1.29, 1.82) is 0 Å². The lowest BCUT2D eigenvalue weighted by Crippen LogP contribution is -2.46. The van der Waals surface area contributed by atoms with Crippen LogP contribution < -0.4 is 0 Å². The Labute approximate surface area is 139 Å². The molecule has 0 radical (unpaired) electrons. The normalized spacial score (nSPS) is 26.2. The summed E-state index contributed by atoms with van der Waals surface area (Å²) in [6.07, 6.45) is 3.87. The van der Waals surface area contributed by atoms with Gasteiger partial charge in [0.05, 0.1) is 17.7 Å². The molecular weight excluding hydrogens is 288 g/mol. The van der Waals surface area contributed by atoms with Crippen molar-refractivity contribution < 1.29 is 4.79 Å². The lowest BCUT2D eigenvalue weighted by Gasteiger charge is -2.39. The third-order valence-electron chi connectivity index (χ3n) is 5.39. The van der Waals surface area contributed by atoms with Gasteiger partial charge in [-0.05, 0) is 47.7 Å². The summed E-state index contributed by atoms with van der Waals surface area (Å²) in [5, 5.41) is 0. The molecule has 5 heteroatoms. The Bertz CT molecular complexity index is 578. The van der Waals surface area contributed by atoms with E-state index < -0.39 is 0 Å². The molecule has 3 heterocycles. The highest BCUT2D eigenvalue weighted by Crippen LogP contribution is 2.36. The second-order valence-electron chi connectivity index (χ2n) is 7.71. The van der Waals surface area contributed by atoms with Crippen LogP contribution in [0.3, 0.4) is 0 Å². The number of rotatable bonds is 4. The molecular formula is C18H30N4O. The fourth-order valence-electron chi connectivity index (χ4n) is 4.08. The molecule has 1 aromatic heterocycles. The Morgan fingerprint density at radius 3 is 2.52 bits per heavy atom. The fourth-order valence-corrected chi connectivity index (χ4v) is 4.08. The quantitative estimate of drug-likeness (QED) is 0.854. The molecule has 1 saturated heterocycles. The van der Waals surface area contributed by atoms with Crippen LogP contribution in [0.15, 0.2) is 6.33 Å². The number of aromatic nitrogens is 2. The largest absolute Gasteiger partial charge is 0.330 e. The van der Waals surface area contributed by atoms with Gasteiger partial charge in [0.25, 0.3) is 0 Å². The second kappa shape index (κ2) is 6.36. The van der Waals surface area contributed by atoms with E-state index in [4.69, 9.17) is 0 Å². The van der Waals surface area contributed by atoms with E-state index in [0.29, 0.717) is 17.9 Å². The van der Waals surface area contributed by atoms with Gasteiger partial charge in [-0.1, -0.05) is 0 Å². The van der Waals surface area contributed by atoms with Crippen molar-refractivity contribution in [3.05, 3.63) is 17.7 Å². The van der Waals surface area contributed by atoms with Crippen LogP contribution in [0, 0.1) is 5.92 Å². The third-order valence-corrected chi connectivity index (χ3v) is 5.39. The predicted octanol–water partition coefficient (Wildman–Crippen LogP) is 2.29. The molecule has 2 atom stereocenters. The first-order chi connectivity index (χ1) is 10.9. The number of hydrogen-bond acceptors (Lipinski definition) is 4. The summed E-state index contributed by atoms with van der Waals surface area (Å²) in [5.74, 6) is 0.555. The van der Waals surface area contributed by atoms with Crippen molar-refractivity contribution in [2.24, 2.45) is 5.92 Å². The van der Waals surface area contributed by atoms with Crippen molar-refractivity contribution in [3.8, 4) is 0 Å². The summed E-state index contributed by atoms with van der Waals surface area (Å²) in [6, 6.07) is 0.576. The first-order valence-electron chi connectivity index (χ1n) is 8.93. The van der Waals surface area contributed by atoms with E-state index in [1.54, 1.807) is 0 Å². The van der Waals surface area contributed by atoms with Crippen LogP contribution in [-0.2, 0) is 11.2 Å². The van der Waals surface area contributed by atoms with Crippen LogP contribution in [0.5, 0.6) is 0 Å². The molecule has 2 unspecified atom stereocenters. The van der Waals surface area contributed by atoms with Gasteiger partial charge >= 0.3 is 0 Å². The molecule has 2 aliphatic heterocycles. The highest BCUT2D eigenvalue weighted by molar-refractivity contribution is 5.88. The van der Waals surface area contributed by atoms with Gasteiger partial charge < -0.3 is 9.47 Å². The molecule has 0 N–H and O–H groups in total. The maximum Gasteiger partial charge on any atom is 0.160 e. The Hall–Kier alpha value is -1.20. The number of nitrogens with zero attached hydrogens (tertiary/aromatic N) is 4. The number of likely N-dealkylation sites (tertiary alicyclic amines) is 1. The van der Waals surface area contributed by atoms with Crippen LogP contribution in [0.4, 0.5) is 0 Å². The van der Waals surface area contributed by atoms with Crippen LogP contribution in [-0.4, -0.2) is 57.9 Å². The standard InChI is InChI=1S/C18H30N4O/c1-12(2)21-9-7-15-16(22(11-19-15)13(3)4)17(21)18(23)14-6-8-20(5)10-14/h11-14,17H,6-10H2,1-5H3. The SMILES string of the molecule is CC(C)N1CCc2ncn(C(C)C)c2C1C(=O)C1CCN(C)C1. The van der Waals surface area contributed by atoms with E-state index in [1.165, 1.54) is 0 Å². The summed E-state index contributed by atoms with van der Waals surface area (Å²) >= 11 is 0. The molecule has 0 saturated carbocycles. The van der Waals surface area contributed by atoms with Crippen molar-refractivity contribution in [3.63, 3.8) is 0 Å². The van der Waals surface area contributed by atoms with E-state index >= 15 is 0 Å². The van der Waals surface area contributed by atoms with Gasteiger partial charge in [0.1, 0.15) is 6.04 Å². The molecule has 5 nitrogen and oxygen atoms in total. The van der Waals surface area contributed by atoms with Gasteiger partial charge in [-0.2, -0.15) is 0 Å². The van der Waals surface area contributed by atoms with Gasteiger partial charge in [-0.15, -0.1) is 0 Å². The molecule has 0 amide bonds. The summed E-state index contributed by atoms with van der Waals surface area (Å²) in [7, 11) is 2.11. The molecule has 3 rings (SSSR count). The van der Waals surface area contributed by atoms with E-state index in [-0.39, 0.29) is 12.0 Å².